The average molecular weight is 482 g/mol. The van der Waals surface area contributed by atoms with Gasteiger partial charge in [0.15, 0.2) is 5.78 Å². The van der Waals surface area contributed by atoms with E-state index in [2.05, 4.69) is 11.0 Å². The summed E-state index contributed by atoms with van der Waals surface area (Å²) in [6, 6.07) is 26.6. The Morgan fingerprint density at radius 1 is 0.882 bits per heavy atom. The normalized spacial score (nSPS) is 21.2. The van der Waals surface area contributed by atoms with Crippen LogP contribution >= 0.6 is 23.4 Å². The van der Waals surface area contributed by atoms with Crippen LogP contribution in [-0.4, -0.2) is 27.8 Å². The predicted octanol–water partition coefficient (Wildman–Crippen LogP) is 6.63. The van der Waals surface area contributed by atoms with Crippen LogP contribution in [0.5, 0.6) is 0 Å². The van der Waals surface area contributed by atoms with Crippen molar-refractivity contribution in [3.05, 3.63) is 130 Å². The van der Waals surface area contributed by atoms with Crippen LogP contribution in [0.3, 0.4) is 0 Å². The van der Waals surface area contributed by atoms with Gasteiger partial charge in [0, 0.05) is 15.5 Å². The largest absolute Gasteiger partial charge is 0.332 e. The van der Waals surface area contributed by atoms with E-state index >= 15 is 0 Å². The van der Waals surface area contributed by atoms with Crippen molar-refractivity contribution in [2.75, 3.05) is 0 Å². The summed E-state index contributed by atoms with van der Waals surface area (Å²) in [5.41, 5.74) is 4.67. The first-order valence-corrected chi connectivity index (χ1v) is 12.5. The zero-order chi connectivity index (χ0) is 23.2. The fourth-order valence-corrected chi connectivity index (χ4v) is 6.52. The highest BCUT2D eigenvalue weighted by atomic mass is 35.5. The number of hydrogen-bond donors (Lipinski definition) is 0. The van der Waals surface area contributed by atoms with Crippen LogP contribution < -0.4 is 0 Å². The van der Waals surface area contributed by atoms with Crippen LogP contribution in [0.4, 0.5) is 0 Å². The molecule has 34 heavy (non-hydrogen) atoms. The second-order valence-corrected chi connectivity index (χ2v) is 10.1. The van der Waals surface area contributed by atoms with Gasteiger partial charge in [0.25, 0.3) is 0 Å². The third-order valence-electron chi connectivity index (χ3n) is 6.48. The van der Waals surface area contributed by atoms with E-state index in [0.29, 0.717) is 28.3 Å². The molecule has 0 radical (unpaired) electrons. The Morgan fingerprint density at radius 2 is 1.56 bits per heavy atom. The van der Waals surface area contributed by atoms with Crippen LogP contribution in [0, 0.1) is 0 Å². The maximum Gasteiger partial charge on any atom is 0.213 e. The van der Waals surface area contributed by atoms with Gasteiger partial charge in [-0.1, -0.05) is 90.5 Å². The van der Waals surface area contributed by atoms with E-state index in [1.165, 1.54) is 11.8 Å². The minimum Gasteiger partial charge on any atom is -0.332 e. The Kier molecular flexibility index (Phi) is 5.28. The number of carbonyl (C=O) groups is 2. The van der Waals surface area contributed by atoms with Crippen LogP contribution in [-0.2, 0) is 4.79 Å². The van der Waals surface area contributed by atoms with Gasteiger partial charge in [0.2, 0.25) is 5.78 Å². The molecule has 0 N–H and O–H groups in total. The molecule has 3 aromatic rings. The molecular weight excluding hydrogens is 462 g/mol. The summed E-state index contributed by atoms with van der Waals surface area (Å²) in [6.45, 7) is 0. The molecule has 166 valence electrons. The Balaban J connectivity index is 1.55. The van der Waals surface area contributed by atoms with Crippen molar-refractivity contribution >= 4 is 45.4 Å². The number of benzene rings is 3. The third-order valence-corrected chi connectivity index (χ3v) is 8.18. The van der Waals surface area contributed by atoms with Crippen LogP contribution in [0.25, 0.3) is 10.5 Å². The van der Waals surface area contributed by atoms with Gasteiger partial charge in [-0.25, -0.2) is 0 Å². The molecule has 6 rings (SSSR count). The molecule has 3 aliphatic rings. The number of Topliss-reactive ketones (excluding diaryl/α,β-unsaturated/α-hetero) is 2. The van der Waals surface area contributed by atoms with Gasteiger partial charge < -0.3 is 4.90 Å². The van der Waals surface area contributed by atoms with Crippen molar-refractivity contribution in [3.8, 4) is 0 Å². The lowest BCUT2D eigenvalue weighted by molar-refractivity contribution is -0.111. The molecule has 0 fully saturated rings. The Labute approximate surface area is 207 Å². The second-order valence-electron chi connectivity index (χ2n) is 8.48. The number of allylic oxidation sites excluding steroid dienone is 2. The maximum atomic E-state index is 14.0. The highest BCUT2D eigenvalue weighted by Crippen LogP contribution is 2.52. The molecule has 3 heterocycles. The summed E-state index contributed by atoms with van der Waals surface area (Å²) in [7, 11) is 0. The highest BCUT2D eigenvalue weighted by molar-refractivity contribution is 8.09. The molecule has 5 heteroatoms. The van der Waals surface area contributed by atoms with Crippen molar-refractivity contribution in [1.82, 2.24) is 4.90 Å². The monoisotopic (exact) mass is 481 g/mol. The molecule has 0 aliphatic carbocycles. The lowest BCUT2D eigenvalue weighted by Crippen LogP contribution is -2.47. The zero-order valence-corrected chi connectivity index (χ0v) is 19.7. The molecule has 0 amide bonds. The van der Waals surface area contributed by atoms with E-state index in [9.17, 15) is 9.59 Å². The minimum absolute atomic E-state index is 0.00849. The molecule has 3 aliphatic heterocycles. The average Bonchev–Trinajstić information content (AvgIpc) is 3.19. The Bertz CT molecular complexity index is 1390. The molecule has 2 atom stereocenters. The van der Waals surface area contributed by atoms with Crippen LogP contribution in [0.1, 0.15) is 27.9 Å². The summed E-state index contributed by atoms with van der Waals surface area (Å²) in [5, 5.41) is 0.293. The quantitative estimate of drug-likeness (QED) is 0.392. The molecule has 0 spiro atoms. The number of halogens is 1. The summed E-state index contributed by atoms with van der Waals surface area (Å²) < 4.78 is 0. The number of nitrogens with zero attached hydrogens (tertiary/aromatic N) is 1. The third kappa shape index (κ3) is 3.37. The molecule has 0 aromatic heterocycles. The molecule has 3 nitrogen and oxygen atoms in total. The van der Waals surface area contributed by atoms with Gasteiger partial charge in [0.05, 0.1) is 22.6 Å². The van der Waals surface area contributed by atoms with Crippen molar-refractivity contribution < 1.29 is 9.59 Å². The second kappa shape index (κ2) is 8.46. The van der Waals surface area contributed by atoms with Crippen LogP contribution in [0.15, 0.2) is 108 Å². The predicted molar refractivity (Wildman–Crippen MR) is 138 cm³/mol. The molecule has 3 aromatic carbocycles. The maximum absolute atomic E-state index is 14.0. The molecule has 0 unspecified atom stereocenters. The van der Waals surface area contributed by atoms with E-state index in [-0.39, 0.29) is 22.9 Å². The standard InChI is InChI=1S/C29H20ClNO2S/c30-21-16-14-18(15-17-21)24-22-12-7-13-23-29(26(32)19-8-3-1-4-9-19)34-28(20-10-5-2-6-11-20)25(27(24)33)31(22)23/h1-12,14-17,23,29H,13H2/t23-,29+/m0/s1. The SMILES string of the molecule is O=C1C(c2ccc(Cl)cc2)=C2C=CC[C@H]3[C@H](C(=O)c4ccccc4)SC(c4ccccc4)=C1N23. The van der Waals surface area contributed by atoms with Gasteiger partial charge in [-0.3, -0.25) is 9.59 Å². The Hall–Kier alpha value is -3.34. The fourth-order valence-electron chi connectivity index (χ4n) is 4.94. The molecule has 0 saturated carbocycles. The van der Waals surface area contributed by atoms with E-state index in [1.54, 1.807) is 0 Å². The minimum atomic E-state index is -0.335. The molecular formula is C29H20ClNO2S. The summed E-state index contributed by atoms with van der Waals surface area (Å²) in [4.78, 5) is 30.7. The molecule has 0 saturated heterocycles. The van der Waals surface area contributed by atoms with Crippen LogP contribution in [0.2, 0.25) is 5.02 Å². The zero-order valence-electron chi connectivity index (χ0n) is 18.1. The molecule has 0 bridgehead atoms. The first kappa shape index (κ1) is 21.2. The van der Waals surface area contributed by atoms with E-state index < -0.39 is 0 Å². The number of thioether (sulfide) groups is 1. The van der Waals surface area contributed by atoms with E-state index in [0.717, 1.165) is 21.7 Å². The van der Waals surface area contributed by atoms with Gasteiger partial charge in [0.1, 0.15) is 5.70 Å². The fraction of sp³-hybridized carbons (Fsp3) is 0.103. The van der Waals surface area contributed by atoms with Crippen molar-refractivity contribution in [2.24, 2.45) is 0 Å². The lowest BCUT2D eigenvalue weighted by Gasteiger charge is -2.42. The topological polar surface area (TPSA) is 37.4 Å². The van der Waals surface area contributed by atoms with Crippen molar-refractivity contribution in [3.63, 3.8) is 0 Å². The first-order chi connectivity index (χ1) is 16.6. The lowest BCUT2D eigenvalue weighted by atomic mass is 9.95. The highest BCUT2D eigenvalue weighted by Gasteiger charge is 2.49. The van der Waals surface area contributed by atoms with Gasteiger partial charge in [-0.05, 0) is 35.8 Å². The summed E-state index contributed by atoms with van der Waals surface area (Å²) in [5.74, 6) is 0.0796. The number of ketones is 2. The van der Waals surface area contributed by atoms with E-state index in [4.69, 9.17) is 11.6 Å². The smallest absolute Gasteiger partial charge is 0.213 e. The number of hydrogen-bond acceptors (Lipinski definition) is 4. The van der Waals surface area contributed by atoms with Gasteiger partial charge in [-0.15, -0.1) is 11.8 Å². The van der Waals surface area contributed by atoms with Crippen molar-refractivity contribution in [1.29, 1.82) is 0 Å². The van der Waals surface area contributed by atoms with E-state index in [1.807, 2.05) is 91.0 Å². The van der Waals surface area contributed by atoms with Gasteiger partial charge in [-0.2, -0.15) is 0 Å². The van der Waals surface area contributed by atoms with Crippen molar-refractivity contribution in [2.45, 2.75) is 17.7 Å². The summed E-state index contributed by atoms with van der Waals surface area (Å²) >= 11 is 7.64. The first-order valence-electron chi connectivity index (χ1n) is 11.2. The Morgan fingerprint density at radius 3 is 2.26 bits per heavy atom. The summed E-state index contributed by atoms with van der Waals surface area (Å²) in [6.07, 6.45) is 4.81. The number of rotatable bonds is 4. The number of carbonyl (C=O) groups excluding carboxylic acids is 2. The van der Waals surface area contributed by atoms with Gasteiger partial charge >= 0.3 is 0 Å².